The molecule has 3 heterocycles. The van der Waals surface area contributed by atoms with Crippen LogP contribution in [0.25, 0.3) is 0 Å². The maximum Gasteiger partial charge on any atom is 0.338 e. The van der Waals surface area contributed by atoms with Crippen molar-refractivity contribution >= 4 is 34.8 Å². The van der Waals surface area contributed by atoms with Crippen LogP contribution < -0.4 is 9.47 Å². The summed E-state index contributed by atoms with van der Waals surface area (Å²) >= 11 is 1.40. The van der Waals surface area contributed by atoms with Gasteiger partial charge >= 0.3 is 11.9 Å². The first-order valence-corrected chi connectivity index (χ1v) is 15.5. The number of aliphatic imine (C=N–C) groups is 1. The van der Waals surface area contributed by atoms with Gasteiger partial charge in [-0.15, -0.1) is 0 Å². The van der Waals surface area contributed by atoms with Gasteiger partial charge in [0.05, 0.1) is 50.5 Å². The Kier molecular flexibility index (Phi) is 9.94. The lowest BCUT2D eigenvalue weighted by molar-refractivity contribution is -0.151. The Balaban J connectivity index is 1.45. The normalized spacial score (nSPS) is 19.5. The molecule has 0 unspecified atom stereocenters. The summed E-state index contributed by atoms with van der Waals surface area (Å²) in [6.45, 7) is 4.88. The molecule has 2 aromatic rings. The minimum absolute atomic E-state index is 0.0714. The van der Waals surface area contributed by atoms with Crippen LogP contribution in [0.5, 0.6) is 11.5 Å². The maximum atomic E-state index is 13.8. The van der Waals surface area contributed by atoms with Gasteiger partial charge in [-0.1, -0.05) is 42.1 Å². The minimum atomic E-state index is -0.672. The number of allylic oxidation sites excluding steroid dienone is 1. The average Bonchev–Trinajstić information content (AvgIpc) is 3.44. The number of piperidine rings is 1. The topological polar surface area (TPSA) is 107 Å². The standard InChI is InChI=1S/C33H37N3O7S/c1-5-42-31(38)23-12-9-15-35(18-23)28(37)16-24-20-44-33-34-21(2)29(32(39)43-19-22-10-7-6-8-11-22)30(36(24)33)26-14-13-25(40-3)17-27(26)41-4/h6-8,10-11,13-14,17,20,23,30H,5,9,12,15-16,18-19H2,1-4H3/t23-,30+/m0/s1. The second-order valence-electron chi connectivity index (χ2n) is 10.7. The lowest BCUT2D eigenvalue weighted by atomic mass is 9.92. The van der Waals surface area contributed by atoms with Crippen LogP contribution in [-0.4, -0.2) is 66.7 Å². The Hall–Kier alpha value is -4.25. The number of hydrogen-bond acceptors (Lipinski definition) is 10. The van der Waals surface area contributed by atoms with E-state index in [0.717, 1.165) is 12.0 Å². The number of fused-ring (bicyclic) bond motifs is 1. The molecule has 0 aromatic heterocycles. The Morgan fingerprint density at radius 3 is 2.57 bits per heavy atom. The molecule has 2 atom stereocenters. The number of hydrogen-bond donors (Lipinski definition) is 0. The SMILES string of the molecule is CCOC(=O)[C@H]1CCCN(C(=O)CC2=CSC3=NC(C)=C(C(=O)OCc4ccccc4)[C@@H](c4ccc(OC)cc4OC)N23)C1. The molecule has 2 aromatic carbocycles. The number of carbonyl (C=O) groups excluding carboxylic acids is 3. The first kappa shape index (κ1) is 31.2. The second-order valence-corrected chi connectivity index (χ2v) is 11.5. The van der Waals surface area contributed by atoms with Gasteiger partial charge in [-0.2, -0.15) is 0 Å². The molecule has 11 heteroatoms. The van der Waals surface area contributed by atoms with Crippen LogP contribution in [0.3, 0.4) is 0 Å². The van der Waals surface area contributed by atoms with Gasteiger partial charge in [-0.25, -0.2) is 9.79 Å². The maximum absolute atomic E-state index is 13.8. The summed E-state index contributed by atoms with van der Waals surface area (Å²) in [5.41, 5.74) is 3.14. The number of amides is 1. The Morgan fingerprint density at radius 1 is 1.05 bits per heavy atom. The molecule has 0 spiro atoms. The lowest BCUT2D eigenvalue weighted by Gasteiger charge is -2.37. The molecule has 0 bridgehead atoms. The van der Waals surface area contributed by atoms with Crippen molar-refractivity contribution in [2.75, 3.05) is 33.9 Å². The minimum Gasteiger partial charge on any atom is -0.497 e. The van der Waals surface area contributed by atoms with E-state index in [2.05, 4.69) is 0 Å². The van der Waals surface area contributed by atoms with Gasteiger partial charge in [0, 0.05) is 30.4 Å². The van der Waals surface area contributed by atoms with Gasteiger partial charge < -0.3 is 28.7 Å². The van der Waals surface area contributed by atoms with E-state index in [-0.39, 0.29) is 30.8 Å². The largest absolute Gasteiger partial charge is 0.497 e. The summed E-state index contributed by atoms with van der Waals surface area (Å²) in [5.74, 6) is -0.0867. The van der Waals surface area contributed by atoms with Crippen molar-refractivity contribution in [1.29, 1.82) is 0 Å². The average molecular weight is 620 g/mol. The third kappa shape index (κ3) is 6.62. The molecular weight excluding hydrogens is 582 g/mol. The molecule has 1 amide bonds. The molecular formula is C33H37N3O7S. The monoisotopic (exact) mass is 619 g/mol. The van der Waals surface area contributed by atoms with Crippen LogP contribution in [0.1, 0.15) is 50.3 Å². The van der Waals surface area contributed by atoms with Crippen molar-refractivity contribution in [3.05, 3.63) is 82.0 Å². The number of amidine groups is 1. The van der Waals surface area contributed by atoms with Crippen molar-refractivity contribution in [3.63, 3.8) is 0 Å². The molecule has 5 rings (SSSR count). The first-order valence-electron chi connectivity index (χ1n) is 14.7. The van der Waals surface area contributed by atoms with E-state index in [1.807, 2.05) is 52.8 Å². The fourth-order valence-corrected chi connectivity index (χ4v) is 6.66. The smallest absolute Gasteiger partial charge is 0.338 e. The number of nitrogens with zero attached hydrogens (tertiary/aromatic N) is 3. The van der Waals surface area contributed by atoms with Crippen molar-refractivity contribution in [3.8, 4) is 11.5 Å². The molecule has 0 saturated carbocycles. The molecule has 0 radical (unpaired) electrons. The predicted molar refractivity (Wildman–Crippen MR) is 167 cm³/mol. The fraction of sp³-hybridized carbons (Fsp3) is 0.394. The molecule has 3 aliphatic heterocycles. The molecule has 10 nitrogen and oxygen atoms in total. The number of benzene rings is 2. The Labute approximate surface area is 261 Å². The van der Waals surface area contributed by atoms with Crippen LogP contribution in [-0.2, 0) is 30.5 Å². The summed E-state index contributed by atoms with van der Waals surface area (Å²) in [6, 6.07) is 14.2. The van der Waals surface area contributed by atoms with Crippen molar-refractivity contribution < 1.29 is 33.3 Å². The van der Waals surface area contributed by atoms with Gasteiger partial charge in [-0.05, 0) is 49.8 Å². The molecule has 0 N–H and O–H groups in total. The van der Waals surface area contributed by atoms with E-state index in [1.54, 1.807) is 39.0 Å². The third-order valence-electron chi connectivity index (χ3n) is 7.89. The summed E-state index contributed by atoms with van der Waals surface area (Å²) < 4.78 is 22.3. The van der Waals surface area contributed by atoms with Crippen molar-refractivity contribution in [2.24, 2.45) is 10.9 Å². The van der Waals surface area contributed by atoms with Crippen LogP contribution in [0.4, 0.5) is 0 Å². The number of likely N-dealkylation sites (tertiary alicyclic amines) is 1. The van der Waals surface area contributed by atoms with Crippen LogP contribution in [0.15, 0.2) is 75.9 Å². The van der Waals surface area contributed by atoms with E-state index in [0.29, 0.717) is 65.3 Å². The molecule has 44 heavy (non-hydrogen) atoms. The zero-order chi connectivity index (χ0) is 31.2. The number of methoxy groups -OCH3 is 2. The van der Waals surface area contributed by atoms with Gasteiger partial charge in [0.15, 0.2) is 5.17 Å². The van der Waals surface area contributed by atoms with Crippen LogP contribution >= 0.6 is 11.8 Å². The fourth-order valence-electron chi connectivity index (χ4n) is 5.69. The molecule has 1 saturated heterocycles. The van der Waals surface area contributed by atoms with Gasteiger partial charge in [0.25, 0.3) is 0 Å². The summed E-state index contributed by atoms with van der Waals surface area (Å²) in [7, 11) is 3.14. The van der Waals surface area contributed by atoms with Gasteiger partial charge in [-0.3, -0.25) is 9.59 Å². The number of carbonyl (C=O) groups is 3. The van der Waals surface area contributed by atoms with Crippen molar-refractivity contribution in [1.82, 2.24) is 9.80 Å². The highest BCUT2D eigenvalue weighted by atomic mass is 32.2. The molecule has 0 aliphatic carbocycles. The van der Waals surface area contributed by atoms with E-state index < -0.39 is 12.0 Å². The summed E-state index contributed by atoms with van der Waals surface area (Å²) in [4.78, 5) is 48.3. The van der Waals surface area contributed by atoms with Gasteiger partial charge in [0.1, 0.15) is 18.1 Å². The number of thioether (sulfide) groups is 1. The van der Waals surface area contributed by atoms with Crippen LogP contribution in [0, 0.1) is 5.92 Å². The third-order valence-corrected chi connectivity index (χ3v) is 8.78. The zero-order valence-corrected chi connectivity index (χ0v) is 26.2. The van der Waals surface area contributed by atoms with Gasteiger partial charge in [0.2, 0.25) is 5.91 Å². The second kappa shape index (κ2) is 14.0. The summed E-state index contributed by atoms with van der Waals surface area (Å²) in [6.07, 6.45) is 1.49. The number of ether oxygens (including phenoxy) is 4. The highest BCUT2D eigenvalue weighted by Gasteiger charge is 2.43. The first-order chi connectivity index (χ1) is 21.3. The number of esters is 2. The zero-order valence-electron chi connectivity index (χ0n) is 25.4. The van der Waals surface area contributed by atoms with Crippen molar-refractivity contribution in [2.45, 2.75) is 45.8 Å². The molecule has 232 valence electrons. The Bertz CT molecular complexity index is 1500. The quantitative estimate of drug-likeness (QED) is 0.331. The van der Waals surface area contributed by atoms with E-state index in [9.17, 15) is 14.4 Å². The highest BCUT2D eigenvalue weighted by Crippen LogP contribution is 2.47. The number of rotatable bonds is 10. The summed E-state index contributed by atoms with van der Waals surface area (Å²) in [5, 5.41) is 2.55. The Morgan fingerprint density at radius 2 is 1.84 bits per heavy atom. The van der Waals surface area contributed by atoms with Crippen LogP contribution in [0.2, 0.25) is 0 Å². The lowest BCUT2D eigenvalue weighted by Crippen LogP contribution is -2.44. The van der Waals surface area contributed by atoms with E-state index >= 15 is 0 Å². The van der Waals surface area contributed by atoms with E-state index in [4.69, 9.17) is 23.9 Å². The molecule has 1 fully saturated rings. The van der Waals surface area contributed by atoms with E-state index in [1.165, 1.54) is 11.8 Å². The predicted octanol–water partition coefficient (Wildman–Crippen LogP) is 5.21. The molecule has 3 aliphatic rings. The highest BCUT2D eigenvalue weighted by molar-refractivity contribution is 8.16.